The van der Waals surface area contributed by atoms with Gasteiger partial charge in [0.25, 0.3) is 0 Å². The van der Waals surface area contributed by atoms with Gasteiger partial charge < -0.3 is 24.6 Å². The number of hydrogen-bond donors (Lipinski definition) is 1. The molecule has 164 valence electrons. The Hall–Kier alpha value is -2.28. The molecule has 1 aromatic heterocycles. The van der Waals surface area contributed by atoms with Crippen molar-refractivity contribution in [3.8, 4) is 11.5 Å². The topological polar surface area (TPSA) is 62.8 Å². The second-order valence-corrected chi connectivity index (χ2v) is 8.69. The maximum absolute atomic E-state index is 5.55. The Kier molecular flexibility index (Phi) is 6.46. The Morgan fingerprint density at radius 1 is 0.933 bits per heavy atom. The average Bonchev–Trinajstić information content (AvgIpc) is 2.79. The van der Waals surface area contributed by atoms with Crippen LogP contribution in [0.15, 0.2) is 12.1 Å². The normalized spacial score (nSPS) is 18.8. The third-order valence-electron chi connectivity index (χ3n) is 6.43. The van der Waals surface area contributed by atoms with Crippen LogP contribution in [0.4, 0.5) is 11.8 Å². The average molecular weight is 414 g/mol. The van der Waals surface area contributed by atoms with Gasteiger partial charge in [0.2, 0.25) is 5.95 Å². The molecule has 0 amide bonds. The van der Waals surface area contributed by atoms with Gasteiger partial charge in [-0.15, -0.1) is 0 Å². The lowest BCUT2D eigenvalue weighted by atomic mass is 10.0. The van der Waals surface area contributed by atoms with Crippen LogP contribution in [0.5, 0.6) is 11.5 Å². The van der Waals surface area contributed by atoms with Crippen molar-refractivity contribution in [2.24, 2.45) is 0 Å². The van der Waals surface area contributed by atoms with Crippen LogP contribution in [0.1, 0.15) is 46.0 Å². The second kappa shape index (κ2) is 9.25. The molecule has 2 aliphatic heterocycles. The first-order chi connectivity index (χ1) is 14.6. The van der Waals surface area contributed by atoms with Crippen LogP contribution in [0.25, 0.3) is 10.9 Å². The summed E-state index contributed by atoms with van der Waals surface area (Å²) in [5.41, 5.74) is 0.894. The molecule has 2 aliphatic rings. The lowest BCUT2D eigenvalue weighted by molar-refractivity contribution is 0.177. The summed E-state index contributed by atoms with van der Waals surface area (Å²) in [4.78, 5) is 14.8. The molecule has 0 saturated carbocycles. The molecule has 1 aromatic carbocycles. The van der Waals surface area contributed by atoms with Crippen molar-refractivity contribution in [3.05, 3.63) is 12.1 Å². The van der Waals surface area contributed by atoms with E-state index in [4.69, 9.17) is 19.4 Å². The van der Waals surface area contributed by atoms with Gasteiger partial charge in [-0.1, -0.05) is 0 Å². The summed E-state index contributed by atoms with van der Waals surface area (Å²) in [6.07, 6.45) is 5.92. The fraction of sp³-hybridized carbons (Fsp3) is 0.652. The van der Waals surface area contributed by atoms with E-state index in [2.05, 4.69) is 29.0 Å². The van der Waals surface area contributed by atoms with Gasteiger partial charge in [0.15, 0.2) is 11.5 Å². The first-order valence-electron chi connectivity index (χ1n) is 11.3. The predicted molar refractivity (Wildman–Crippen MR) is 122 cm³/mol. The zero-order chi connectivity index (χ0) is 21.1. The van der Waals surface area contributed by atoms with Crippen LogP contribution in [-0.2, 0) is 0 Å². The van der Waals surface area contributed by atoms with E-state index < -0.39 is 0 Å². The van der Waals surface area contributed by atoms with Crippen LogP contribution >= 0.6 is 0 Å². The molecule has 7 heteroatoms. The maximum Gasteiger partial charge on any atom is 0.227 e. The summed E-state index contributed by atoms with van der Waals surface area (Å²) in [6.45, 7) is 8.82. The highest BCUT2D eigenvalue weighted by atomic mass is 16.5. The van der Waals surface area contributed by atoms with Gasteiger partial charge in [0.05, 0.1) is 19.7 Å². The Morgan fingerprint density at radius 3 is 2.23 bits per heavy atom. The number of fused-ring (bicyclic) bond motifs is 1. The van der Waals surface area contributed by atoms with Crippen molar-refractivity contribution in [1.82, 2.24) is 14.9 Å². The predicted octanol–water partition coefficient (Wildman–Crippen LogP) is 3.92. The van der Waals surface area contributed by atoms with Crippen molar-refractivity contribution in [1.29, 1.82) is 0 Å². The lowest BCUT2D eigenvalue weighted by Gasteiger charge is -2.35. The van der Waals surface area contributed by atoms with Crippen LogP contribution in [0.2, 0.25) is 0 Å². The number of methoxy groups -OCH3 is 2. The third kappa shape index (κ3) is 4.41. The maximum atomic E-state index is 5.55. The number of ether oxygens (including phenoxy) is 2. The van der Waals surface area contributed by atoms with Crippen LogP contribution < -0.4 is 19.7 Å². The molecule has 1 N–H and O–H groups in total. The molecule has 3 heterocycles. The number of nitrogens with zero attached hydrogens (tertiary/aromatic N) is 4. The Bertz CT molecular complexity index is 858. The van der Waals surface area contributed by atoms with Crippen LogP contribution in [0.3, 0.4) is 0 Å². The van der Waals surface area contributed by atoms with Crippen molar-refractivity contribution in [2.75, 3.05) is 50.6 Å². The molecule has 2 aromatic rings. The second-order valence-electron chi connectivity index (χ2n) is 8.69. The zero-order valence-corrected chi connectivity index (χ0v) is 18.8. The Labute approximate surface area is 179 Å². The van der Waals surface area contributed by atoms with Gasteiger partial charge >= 0.3 is 0 Å². The van der Waals surface area contributed by atoms with E-state index in [1.54, 1.807) is 14.2 Å². The minimum atomic E-state index is 0.417. The highest BCUT2D eigenvalue weighted by molar-refractivity contribution is 5.93. The number of piperidine rings is 2. The molecule has 0 aliphatic carbocycles. The number of likely N-dealkylation sites (tertiary alicyclic amines) is 1. The highest BCUT2D eigenvalue weighted by Crippen LogP contribution is 2.36. The van der Waals surface area contributed by atoms with Crippen LogP contribution in [0, 0.1) is 0 Å². The van der Waals surface area contributed by atoms with Gasteiger partial charge in [-0.2, -0.15) is 4.98 Å². The minimum absolute atomic E-state index is 0.417. The molecule has 2 saturated heterocycles. The van der Waals surface area contributed by atoms with E-state index in [0.717, 1.165) is 61.7 Å². The summed E-state index contributed by atoms with van der Waals surface area (Å²) in [5.74, 6) is 3.13. The molecule has 4 rings (SSSR count). The van der Waals surface area contributed by atoms with Gasteiger partial charge in [-0.3, -0.25) is 0 Å². The molecular weight excluding hydrogens is 378 g/mol. The Morgan fingerprint density at radius 2 is 1.60 bits per heavy atom. The zero-order valence-electron chi connectivity index (χ0n) is 18.8. The van der Waals surface area contributed by atoms with E-state index in [0.29, 0.717) is 23.6 Å². The molecule has 0 bridgehead atoms. The van der Waals surface area contributed by atoms with Gasteiger partial charge in [-0.25, -0.2) is 4.98 Å². The minimum Gasteiger partial charge on any atom is -0.493 e. The molecule has 0 spiro atoms. The van der Waals surface area contributed by atoms with Crippen molar-refractivity contribution >= 4 is 22.7 Å². The van der Waals surface area contributed by atoms with E-state index in [1.165, 1.54) is 19.3 Å². The van der Waals surface area contributed by atoms with E-state index in [-0.39, 0.29) is 0 Å². The number of benzene rings is 1. The first kappa shape index (κ1) is 21.0. The number of nitrogens with one attached hydrogen (secondary N) is 1. The highest BCUT2D eigenvalue weighted by Gasteiger charge is 2.23. The summed E-state index contributed by atoms with van der Waals surface area (Å²) in [6, 6.07) is 4.99. The quantitative estimate of drug-likeness (QED) is 0.770. The molecule has 30 heavy (non-hydrogen) atoms. The molecule has 0 unspecified atom stereocenters. The number of anilines is 2. The van der Waals surface area contributed by atoms with E-state index in [9.17, 15) is 0 Å². The lowest BCUT2D eigenvalue weighted by Crippen LogP contribution is -2.42. The SMILES string of the molecule is COc1cc2nc(N3CCCCC3)nc(NC3CCN(C(C)C)CC3)c2cc1OC. The van der Waals surface area contributed by atoms with E-state index >= 15 is 0 Å². The summed E-state index contributed by atoms with van der Waals surface area (Å²) >= 11 is 0. The smallest absolute Gasteiger partial charge is 0.227 e. The van der Waals surface area contributed by atoms with Gasteiger partial charge in [-0.05, 0) is 52.0 Å². The van der Waals surface area contributed by atoms with Crippen molar-refractivity contribution in [3.63, 3.8) is 0 Å². The molecule has 0 atom stereocenters. The first-order valence-corrected chi connectivity index (χ1v) is 11.3. The summed E-state index contributed by atoms with van der Waals surface area (Å²) < 4.78 is 11.1. The number of aromatic nitrogens is 2. The summed E-state index contributed by atoms with van der Waals surface area (Å²) in [5, 5.41) is 4.74. The van der Waals surface area contributed by atoms with Crippen molar-refractivity contribution in [2.45, 2.75) is 58.0 Å². The van der Waals surface area contributed by atoms with Crippen molar-refractivity contribution < 1.29 is 9.47 Å². The summed E-state index contributed by atoms with van der Waals surface area (Å²) in [7, 11) is 3.33. The Balaban J connectivity index is 1.68. The molecular formula is C23H35N5O2. The third-order valence-corrected chi connectivity index (χ3v) is 6.43. The fourth-order valence-electron chi connectivity index (χ4n) is 4.54. The monoisotopic (exact) mass is 413 g/mol. The molecule has 0 radical (unpaired) electrons. The van der Waals surface area contributed by atoms with Crippen LogP contribution in [-0.4, -0.2) is 67.4 Å². The number of rotatable bonds is 6. The molecule has 2 fully saturated rings. The van der Waals surface area contributed by atoms with Gasteiger partial charge in [0.1, 0.15) is 5.82 Å². The number of hydrogen-bond acceptors (Lipinski definition) is 7. The van der Waals surface area contributed by atoms with Gasteiger partial charge in [0, 0.05) is 49.7 Å². The molecule has 7 nitrogen and oxygen atoms in total. The largest absolute Gasteiger partial charge is 0.493 e. The standard InChI is InChI=1S/C23H35N5O2/c1-16(2)27-12-8-17(9-13-27)24-22-18-14-20(29-3)21(30-4)15-19(18)25-23(26-22)28-10-6-5-7-11-28/h14-17H,5-13H2,1-4H3,(H,24,25,26). The van der Waals surface area contributed by atoms with E-state index in [1.807, 2.05) is 12.1 Å². The fourth-order valence-corrected chi connectivity index (χ4v) is 4.54.